The molecular formula is C13H21N3S. The van der Waals surface area contributed by atoms with Gasteiger partial charge in [-0.2, -0.15) is 0 Å². The van der Waals surface area contributed by atoms with Gasteiger partial charge in [0.2, 0.25) is 0 Å². The number of piperidine rings is 1. The van der Waals surface area contributed by atoms with Crippen LogP contribution in [0.3, 0.4) is 0 Å². The van der Waals surface area contributed by atoms with Gasteiger partial charge >= 0.3 is 0 Å². The van der Waals surface area contributed by atoms with Crippen LogP contribution in [0.4, 0.5) is 0 Å². The lowest BCUT2D eigenvalue weighted by Crippen LogP contribution is -2.47. The van der Waals surface area contributed by atoms with E-state index in [4.69, 9.17) is 0 Å². The minimum Gasteiger partial charge on any atom is -0.313 e. The maximum Gasteiger partial charge on any atom is 0.0937 e. The predicted molar refractivity (Wildman–Crippen MR) is 71.4 cm³/mol. The maximum absolute atomic E-state index is 4.32. The zero-order valence-corrected chi connectivity index (χ0v) is 11.2. The van der Waals surface area contributed by atoms with Gasteiger partial charge in [0.15, 0.2) is 0 Å². The Morgan fingerprint density at radius 2 is 2.18 bits per heavy atom. The summed E-state index contributed by atoms with van der Waals surface area (Å²) in [6.45, 7) is 1.08. The Bertz CT molecular complexity index is 338. The van der Waals surface area contributed by atoms with Crippen molar-refractivity contribution >= 4 is 11.3 Å². The monoisotopic (exact) mass is 251 g/mol. The Morgan fingerprint density at radius 3 is 2.82 bits per heavy atom. The number of hydrogen-bond donors (Lipinski definition) is 1. The smallest absolute Gasteiger partial charge is 0.0937 e. The molecule has 0 saturated carbocycles. The summed E-state index contributed by atoms with van der Waals surface area (Å²) in [5, 5.41) is 7.04. The van der Waals surface area contributed by atoms with Crippen LogP contribution in [0.1, 0.15) is 30.7 Å². The number of hydrogen-bond acceptors (Lipinski definition) is 4. The molecule has 4 heteroatoms. The standard InChI is InChI=1S/C13H21N3S/c1-16-11-2-3-12(16)9-10(8-11)14-5-4-13-15-6-7-17-13/h6-7,10-12,14H,2-5,8-9H2,1H3. The molecule has 0 aliphatic carbocycles. The number of rotatable bonds is 4. The molecule has 0 aromatic carbocycles. The lowest BCUT2D eigenvalue weighted by Gasteiger charge is -2.36. The first-order valence-corrected chi connectivity index (χ1v) is 7.54. The number of nitrogens with zero attached hydrogens (tertiary/aromatic N) is 2. The Labute approximate surface area is 107 Å². The van der Waals surface area contributed by atoms with Gasteiger partial charge in [-0.3, -0.25) is 0 Å². The van der Waals surface area contributed by atoms with Gasteiger partial charge in [-0.1, -0.05) is 0 Å². The van der Waals surface area contributed by atoms with Crippen LogP contribution in [-0.4, -0.2) is 41.6 Å². The molecule has 0 amide bonds. The second kappa shape index (κ2) is 5.04. The Balaban J connectivity index is 1.44. The molecule has 2 aliphatic rings. The predicted octanol–water partition coefficient (Wildman–Crippen LogP) is 1.90. The van der Waals surface area contributed by atoms with E-state index in [0.717, 1.165) is 31.1 Å². The average molecular weight is 251 g/mol. The third kappa shape index (κ3) is 2.54. The molecule has 0 radical (unpaired) electrons. The largest absolute Gasteiger partial charge is 0.313 e. The SMILES string of the molecule is CN1C2CCC1CC(NCCc1nccs1)C2. The van der Waals surface area contributed by atoms with Crippen LogP contribution in [0, 0.1) is 0 Å². The first kappa shape index (κ1) is 11.6. The molecule has 0 spiro atoms. The highest BCUT2D eigenvalue weighted by Crippen LogP contribution is 2.34. The van der Waals surface area contributed by atoms with Crippen LogP contribution < -0.4 is 5.32 Å². The molecule has 1 aromatic rings. The number of thiazole rings is 1. The molecule has 2 aliphatic heterocycles. The molecule has 94 valence electrons. The van der Waals surface area contributed by atoms with E-state index in [9.17, 15) is 0 Å². The number of aromatic nitrogens is 1. The van der Waals surface area contributed by atoms with Crippen molar-refractivity contribution in [2.45, 2.75) is 50.2 Å². The normalized spacial score (nSPS) is 33.1. The Kier molecular flexibility index (Phi) is 3.45. The third-order valence-corrected chi connectivity index (χ3v) is 5.19. The number of nitrogens with one attached hydrogen (secondary N) is 1. The summed E-state index contributed by atoms with van der Waals surface area (Å²) < 4.78 is 0. The average Bonchev–Trinajstić information content (AvgIpc) is 2.87. The Morgan fingerprint density at radius 1 is 1.41 bits per heavy atom. The highest BCUT2D eigenvalue weighted by molar-refractivity contribution is 7.09. The van der Waals surface area contributed by atoms with E-state index in [1.54, 1.807) is 11.3 Å². The van der Waals surface area contributed by atoms with Crippen LogP contribution in [0.5, 0.6) is 0 Å². The molecule has 2 saturated heterocycles. The first-order chi connectivity index (χ1) is 8.33. The molecule has 3 nitrogen and oxygen atoms in total. The fraction of sp³-hybridized carbons (Fsp3) is 0.769. The highest BCUT2D eigenvalue weighted by atomic mass is 32.1. The molecular weight excluding hydrogens is 230 g/mol. The summed E-state index contributed by atoms with van der Waals surface area (Å²) in [6.07, 6.45) is 8.47. The van der Waals surface area contributed by atoms with Gasteiger partial charge in [0, 0.05) is 42.7 Å². The second-order valence-electron chi connectivity index (χ2n) is 5.35. The summed E-state index contributed by atoms with van der Waals surface area (Å²) in [5.41, 5.74) is 0. The minimum atomic E-state index is 0.740. The molecule has 2 fully saturated rings. The summed E-state index contributed by atoms with van der Waals surface area (Å²) in [4.78, 5) is 6.92. The van der Waals surface area contributed by atoms with E-state index in [2.05, 4.69) is 27.6 Å². The van der Waals surface area contributed by atoms with Gasteiger partial charge in [0.25, 0.3) is 0 Å². The van der Waals surface area contributed by atoms with Crippen LogP contribution in [-0.2, 0) is 6.42 Å². The molecule has 2 bridgehead atoms. The van der Waals surface area contributed by atoms with Crippen molar-refractivity contribution in [2.75, 3.05) is 13.6 Å². The van der Waals surface area contributed by atoms with E-state index in [1.165, 1.54) is 30.7 Å². The topological polar surface area (TPSA) is 28.2 Å². The van der Waals surface area contributed by atoms with Crippen LogP contribution in [0.25, 0.3) is 0 Å². The summed E-state index contributed by atoms with van der Waals surface area (Å²) in [7, 11) is 2.30. The molecule has 1 N–H and O–H groups in total. The summed E-state index contributed by atoms with van der Waals surface area (Å²) in [5.74, 6) is 0. The van der Waals surface area contributed by atoms with Crippen LogP contribution in [0.15, 0.2) is 11.6 Å². The van der Waals surface area contributed by atoms with Crippen LogP contribution in [0.2, 0.25) is 0 Å². The summed E-state index contributed by atoms with van der Waals surface area (Å²) in [6, 6.07) is 2.42. The summed E-state index contributed by atoms with van der Waals surface area (Å²) >= 11 is 1.76. The van der Waals surface area contributed by atoms with E-state index < -0.39 is 0 Å². The van der Waals surface area contributed by atoms with Gasteiger partial charge in [0.05, 0.1) is 5.01 Å². The van der Waals surface area contributed by atoms with Gasteiger partial charge in [0.1, 0.15) is 0 Å². The van der Waals surface area contributed by atoms with E-state index >= 15 is 0 Å². The quantitative estimate of drug-likeness (QED) is 0.886. The highest BCUT2D eigenvalue weighted by Gasteiger charge is 2.37. The van der Waals surface area contributed by atoms with Crippen molar-refractivity contribution < 1.29 is 0 Å². The van der Waals surface area contributed by atoms with Crippen molar-refractivity contribution in [2.24, 2.45) is 0 Å². The zero-order valence-electron chi connectivity index (χ0n) is 10.4. The Hall–Kier alpha value is -0.450. The molecule has 1 aromatic heterocycles. The van der Waals surface area contributed by atoms with Crippen LogP contribution >= 0.6 is 11.3 Å². The van der Waals surface area contributed by atoms with Crippen molar-refractivity contribution in [3.05, 3.63) is 16.6 Å². The third-order valence-electron chi connectivity index (χ3n) is 4.35. The lowest BCUT2D eigenvalue weighted by molar-refractivity contribution is 0.149. The molecule has 3 rings (SSSR count). The fourth-order valence-corrected chi connectivity index (χ4v) is 3.96. The molecule has 2 unspecified atom stereocenters. The van der Waals surface area contributed by atoms with Crippen molar-refractivity contribution in [1.29, 1.82) is 0 Å². The second-order valence-corrected chi connectivity index (χ2v) is 6.33. The zero-order chi connectivity index (χ0) is 11.7. The van der Waals surface area contributed by atoms with E-state index in [1.807, 2.05) is 6.20 Å². The minimum absolute atomic E-state index is 0.740. The van der Waals surface area contributed by atoms with Gasteiger partial charge in [-0.25, -0.2) is 4.98 Å². The number of fused-ring (bicyclic) bond motifs is 2. The van der Waals surface area contributed by atoms with E-state index in [0.29, 0.717) is 0 Å². The lowest BCUT2D eigenvalue weighted by atomic mass is 9.98. The van der Waals surface area contributed by atoms with Gasteiger partial charge in [-0.05, 0) is 32.7 Å². The van der Waals surface area contributed by atoms with Crippen molar-refractivity contribution in [3.63, 3.8) is 0 Å². The molecule has 3 heterocycles. The van der Waals surface area contributed by atoms with Gasteiger partial charge < -0.3 is 10.2 Å². The molecule has 17 heavy (non-hydrogen) atoms. The maximum atomic E-state index is 4.32. The first-order valence-electron chi connectivity index (χ1n) is 6.66. The van der Waals surface area contributed by atoms with Crippen molar-refractivity contribution in [3.8, 4) is 0 Å². The molecule has 2 atom stereocenters. The van der Waals surface area contributed by atoms with Crippen molar-refractivity contribution in [1.82, 2.24) is 15.2 Å². The van der Waals surface area contributed by atoms with Gasteiger partial charge in [-0.15, -0.1) is 11.3 Å². The fourth-order valence-electron chi connectivity index (χ4n) is 3.34. The van der Waals surface area contributed by atoms with E-state index in [-0.39, 0.29) is 0 Å².